The van der Waals surface area contributed by atoms with E-state index < -0.39 is 9.28 Å². The van der Waals surface area contributed by atoms with Gasteiger partial charge in [-0.25, -0.2) is 0 Å². The number of hydrogen-bond donors (Lipinski definition) is 0. The molecule has 0 aromatic rings. The average Bonchev–Trinajstić information content (AvgIpc) is 2.61. The third-order valence-electron chi connectivity index (χ3n) is 4.87. The van der Waals surface area contributed by atoms with Crippen LogP contribution >= 0.6 is 0 Å². The smallest absolute Gasteiger partial charge is 0.320 e. The summed E-state index contributed by atoms with van der Waals surface area (Å²) in [5.74, 6) is 0. The van der Waals surface area contributed by atoms with Gasteiger partial charge in [0.2, 0.25) is 0 Å². The lowest BCUT2D eigenvalue weighted by molar-refractivity contribution is 0.276. The van der Waals surface area contributed by atoms with Crippen molar-refractivity contribution in [1.29, 1.82) is 0 Å². The maximum Gasteiger partial charge on any atom is 0.320 e. The standard InChI is InChI=1S/C21H44O2Si/c1-4-5-6-7-8-9-10-11-12-13-14-15-16-17-18-19-20-21-24(22-2)23-3/h4,24H,1,5-21H2,2-3H3. The second-order valence-corrected chi connectivity index (χ2v) is 9.45. The first-order valence-electron chi connectivity index (χ1n) is 10.5. The molecule has 0 aliphatic carbocycles. The summed E-state index contributed by atoms with van der Waals surface area (Å²) in [6, 6.07) is 1.17. The van der Waals surface area contributed by atoms with E-state index in [-0.39, 0.29) is 0 Å². The molecular formula is C21H44O2Si. The van der Waals surface area contributed by atoms with Gasteiger partial charge in [-0.2, -0.15) is 0 Å². The Balaban J connectivity index is 3.04. The van der Waals surface area contributed by atoms with Crippen LogP contribution in [0.1, 0.15) is 103 Å². The second kappa shape index (κ2) is 20.9. The van der Waals surface area contributed by atoms with E-state index in [0.29, 0.717) is 0 Å². The molecule has 0 aliphatic rings. The van der Waals surface area contributed by atoms with Gasteiger partial charge in [0.05, 0.1) is 0 Å². The summed E-state index contributed by atoms with van der Waals surface area (Å²) in [4.78, 5) is 0. The van der Waals surface area contributed by atoms with Crippen molar-refractivity contribution < 1.29 is 8.85 Å². The van der Waals surface area contributed by atoms with E-state index >= 15 is 0 Å². The highest BCUT2D eigenvalue weighted by Gasteiger charge is 2.07. The Morgan fingerprint density at radius 2 is 0.917 bits per heavy atom. The molecule has 0 rings (SSSR count). The van der Waals surface area contributed by atoms with Gasteiger partial charge in [0.15, 0.2) is 0 Å². The third kappa shape index (κ3) is 18.2. The maximum absolute atomic E-state index is 5.34. The Morgan fingerprint density at radius 1 is 0.583 bits per heavy atom. The van der Waals surface area contributed by atoms with Crippen LogP contribution < -0.4 is 0 Å². The van der Waals surface area contributed by atoms with E-state index in [0.717, 1.165) is 0 Å². The van der Waals surface area contributed by atoms with E-state index in [1.165, 1.54) is 109 Å². The molecule has 0 fully saturated rings. The van der Waals surface area contributed by atoms with Crippen LogP contribution in [-0.4, -0.2) is 23.5 Å². The maximum atomic E-state index is 5.34. The predicted molar refractivity (Wildman–Crippen MR) is 110 cm³/mol. The Hall–Kier alpha value is -0.123. The lowest BCUT2D eigenvalue weighted by Gasteiger charge is -2.10. The van der Waals surface area contributed by atoms with Gasteiger partial charge in [-0.3, -0.25) is 0 Å². The number of allylic oxidation sites excluding steroid dienone is 1. The fraction of sp³-hybridized carbons (Fsp3) is 0.905. The SMILES string of the molecule is C=CCCCCCCCCCCCCCCCCC[SiH](OC)OC. The zero-order valence-electron chi connectivity index (χ0n) is 16.7. The number of rotatable bonds is 20. The van der Waals surface area contributed by atoms with Crippen molar-refractivity contribution in [3.8, 4) is 0 Å². The minimum absolute atomic E-state index is 1.17. The molecule has 0 amide bonds. The van der Waals surface area contributed by atoms with Gasteiger partial charge in [0, 0.05) is 14.2 Å². The molecule has 0 aromatic carbocycles. The topological polar surface area (TPSA) is 18.5 Å². The van der Waals surface area contributed by atoms with Crippen molar-refractivity contribution in [2.24, 2.45) is 0 Å². The molecule has 0 atom stereocenters. The van der Waals surface area contributed by atoms with Crippen molar-refractivity contribution in [3.05, 3.63) is 12.7 Å². The van der Waals surface area contributed by atoms with Gasteiger partial charge in [-0.15, -0.1) is 6.58 Å². The molecule has 0 aliphatic heterocycles. The van der Waals surface area contributed by atoms with Crippen LogP contribution in [0, 0.1) is 0 Å². The molecule has 0 aromatic heterocycles. The van der Waals surface area contributed by atoms with Crippen LogP contribution in [0.5, 0.6) is 0 Å². The van der Waals surface area contributed by atoms with E-state index in [1.807, 2.05) is 6.08 Å². The van der Waals surface area contributed by atoms with Gasteiger partial charge in [0.25, 0.3) is 0 Å². The first-order chi connectivity index (χ1) is 11.8. The lowest BCUT2D eigenvalue weighted by Crippen LogP contribution is -2.18. The predicted octanol–water partition coefficient (Wildman–Crippen LogP) is 6.93. The van der Waals surface area contributed by atoms with Crippen LogP contribution in [0.3, 0.4) is 0 Å². The van der Waals surface area contributed by atoms with Crippen LogP contribution in [-0.2, 0) is 8.85 Å². The molecule has 0 spiro atoms. The fourth-order valence-electron chi connectivity index (χ4n) is 3.23. The summed E-state index contributed by atoms with van der Waals surface area (Å²) in [6.07, 6.45) is 24.4. The van der Waals surface area contributed by atoms with E-state index in [1.54, 1.807) is 14.2 Å². The molecule has 0 bridgehead atoms. The second-order valence-electron chi connectivity index (χ2n) is 7.07. The molecule has 0 saturated carbocycles. The molecule has 0 unspecified atom stereocenters. The highest BCUT2D eigenvalue weighted by Crippen LogP contribution is 2.14. The normalized spacial score (nSPS) is 11.3. The summed E-state index contributed by atoms with van der Waals surface area (Å²) >= 11 is 0. The molecule has 2 nitrogen and oxygen atoms in total. The zero-order valence-corrected chi connectivity index (χ0v) is 17.9. The van der Waals surface area contributed by atoms with Crippen molar-refractivity contribution in [2.75, 3.05) is 14.2 Å². The first-order valence-corrected chi connectivity index (χ1v) is 12.3. The Bertz CT molecular complexity index is 242. The van der Waals surface area contributed by atoms with Crippen LogP contribution in [0.15, 0.2) is 12.7 Å². The monoisotopic (exact) mass is 356 g/mol. The molecular weight excluding hydrogens is 312 g/mol. The van der Waals surface area contributed by atoms with Crippen LogP contribution in [0.4, 0.5) is 0 Å². The molecule has 144 valence electrons. The van der Waals surface area contributed by atoms with Crippen molar-refractivity contribution in [1.82, 2.24) is 0 Å². The van der Waals surface area contributed by atoms with Crippen LogP contribution in [0.25, 0.3) is 0 Å². The minimum atomic E-state index is -1.29. The summed E-state index contributed by atoms with van der Waals surface area (Å²) in [5, 5.41) is 0. The van der Waals surface area contributed by atoms with E-state index in [4.69, 9.17) is 8.85 Å². The fourth-order valence-corrected chi connectivity index (χ4v) is 4.52. The summed E-state index contributed by atoms with van der Waals surface area (Å²) < 4.78 is 10.7. The zero-order chi connectivity index (χ0) is 17.7. The van der Waals surface area contributed by atoms with Crippen molar-refractivity contribution >= 4 is 9.28 Å². The Labute approximate surface area is 154 Å². The largest absolute Gasteiger partial charge is 0.400 e. The number of unbranched alkanes of at least 4 members (excludes halogenated alkanes) is 15. The summed E-state index contributed by atoms with van der Waals surface area (Å²) in [6.45, 7) is 3.77. The highest BCUT2D eigenvalue weighted by atomic mass is 28.3. The van der Waals surface area contributed by atoms with Gasteiger partial charge < -0.3 is 8.85 Å². The van der Waals surface area contributed by atoms with E-state index in [2.05, 4.69) is 6.58 Å². The van der Waals surface area contributed by atoms with Crippen molar-refractivity contribution in [3.63, 3.8) is 0 Å². The van der Waals surface area contributed by atoms with Gasteiger partial charge in [0.1, 0.15) is 0 Å². The molecule has 0 heterocycles. The number of hydrogen-bond acceptors (Lipinski definition) is 2. The average molecular weight is 357 g/mol. The van der Waals surface area contributed by atoms with E-state index in [9.17, 15) is 0 Å². The lowest BCUT2D eigenvalue weighted by atomic mass is 10.0. The molecule has 0 radical (unpaired) electrons. The molecule has 0 saturated heterocycles. The Morgan fingerprint density at radius 3 is 1.25 bits per heavy atom. The van der Waals surface area contributed by atoms with Gasteiger partial charge in [-0.1, -0.05) is 96.0 Å². The minimum Gasteiger partial charge on any atom is -0.400 e. The van der Waals surface area contributed by atoms with Crippen LogP contribution in [0.2, 0.25) is 6.04 Å². The molecule has 3 heteroatoms. The molecule has 0 N–H and O–H groups in total. The highest BCUT2D eigenvalue weighted by molar-refractivity contribution is 6.44. The summed E-state index contributed by atoms with van der Waals surface area (Å²) in [5.41, 5.74) is 0. The summed E-state index contributed by atoms with van der Waals surface area (Å²) in [7, 11) is 2.27. The van der Waals surface area contributed by atoms with Gasteiger partial charge in [-0.05, 0) is 18.9 Å². The Kier molecular flexibility index (Phi) is 20.8. The van der Waals surface area contributed by atoms with Gasteiger partial charge >= 0.3 is 9.28 Å². The first kappa shape index (κ1) is 23.9. The molecule has 24 heavy (non-hydrogen) atoms. The van der Waals surface area contributed by atoms with Crippen molar-refractivity contribution in [2.45, 2.75) is 109 Å². The quantitative estimate of drug-likeness (QED) is 0.134. The third-order valence-corrected chi connectivity index (χ3v) is 6.81.